The first-order valence-electron chi connectivity index (χ1n) is 12.6. The standard InChI is InChI=1S/C28H36ClN3O6/c1-19-28(15-14-24(34)38-27(2,3)4,26(35)32-30-18-20-6-10-22(29)11-7-20)31-25(37-19)21-8-12-23(13-9-21)36-17-5-16-33/h6-13,19,30,33H,5,14-18H2,1-4H3,(H,32,35)/t19-,28-/m0/s1. The summed E-state index contributed by atoms with van der Waals surface area (Å²) >= 11 is 5.95. The highest BCUT2D eigenvalue weighted by molar-refractivity contribution is 6.30. The predicted octanol–water partition coefficient (Wildman–Crippen LogP) is 3.95. The van der Waals surface area contributed by atoms with Gasteiger partial charge in [-0.2, -0.15) is 0 Å². The maximum absolute atomic E-state index is 13.5. The van der Waals surface area contributed by atoms with Gasteiger partial charge in [0.2, 0.25) is 5.90 Å². The van der Waals surface area contributed by atoms with Crippen molar-refractivity contribution in [3.05, 3.63) is 64.7 Å². The Morgan fingerprint density at radius 1 is 1.13 bits per heavy atom. The zero-order valence-corrected chi connectivity index (χ0v) is 23.0. The van der Waals surface area contributed by atoms with E-state index in [1.807, 2.05) is 12.1 Å². The molecule has 1 aliphatic heterocycles. The molecule has 2 aromatic rings. The second-order valence-corrected chi connectivity index (χ2v) is 10.5. The number of hydrogen-bond donors (Lipinski definition) is 3. The first kappa shape index (κ1) is 29.4. The highest BCUT2D eigenvalue weighted by Crippen LogP contribution is 2.34. The molecule has 3 N–H and O–H groups in total. The smallest absolute Gasteiger partial charge is 0.306 e. The molecule has 1 heterocycles. The number of aliphatic hydroxyl groups is 1. The van der Waals surface area contributed by atoms with Crippen LogP contribution in [0.2, 0.25) is 5.02 Å². The van der Waals surface area contributed by atoms with Gasteiger partial charge in [-0.1, -0.05) is 23.7 Å². The maximum Gasteiger partial charge on any atom is 0.306 e. The summed E-state index contributed by atoms with van der Waals surface area (Å²) in [5.74, 6) is 0.117. The molecule has 0 saturated carbocycles. The number of benzene rings is 2. The summed E-state index contributed by atoms with van der Waals surface area (Å²) in [6.45, 7) is 7.98. The fraction of sp³-hybridized carbons (Fsp3) is 0.464. The minimum Gasteiger partial charge on any atom is -0.494 e. The lowest BCUT2D eigenvalue weighted by Gasteiger charge is -2.28. The summed E-state index contributed by atoms with van der Waals surface area (Å²) in [6, 6.07) is 14.4. The number of carbonyl (C=O) groups is 2. The second kappa shape index (κ2) is 13.1. The molecule has 0 spiro atoms. The Bertz CT molecular complexity index is 1110. The fourth-order valence-corrected chi connectivity index (χ4v) is 4.00. The summed E-state index contributed by atoms with van der Waals surface area (Å²) in [5, 5.41) is 9.55. The molecule has 0 fully saturated rings. The molecule has 206 valence electrons. The van der Waals surface area contributed by atoms with Gasteiger partial charge in [0.1, 0.15) is 17.5 Å². The third-order valence-corrected chi connectivity index (χ3v) is 6.12. The lowest BCUT2D eigenvalue weighted by atomic mass is 9.88. The topological polar surface area (TPSA) is 118 Å². The number of aliphatic imine (C=N–C) groups is 1. The van der Waals surface area contributed by atoms with E-state index in [2.05, 4.69) is 10.9 Å². The molecular weight excluding hydrogens is 510 g/mol. The van der Waals surface area contributed by atoms with Gasteiger partial charge in [0.05, 0.1) is 6.61 Å². The number of carbonyl (C=O) groups excluding carboxylic acids is 2. The van der Waals surface area contributed by atoms with Crippen LogP contribution < -0.4 is 15.6 Å². The summed E-state index contributed by atoms with van der Waals surface area (Å²) < 4.78 is 17.1. The Hall–Kier alpha value is -3.14. The molecule has 1 aliphatic rings. The highest BCUT2D eigenvalue weighted by atomic mass is 35.5. The minimum absolute atomic E-state index is 0.00993. The molecule has 3 rings (SSSR count). The number of ether oxygens (including phenoxy) is 3. The van der Waals surface area contributed by atoms with Crippen LogP contribution in [0, 0.1) is 0 Å². The van der Waals surface area contributed by atoms with Crippen LogP contribution in [0.25, 0.3) is 0 Å². The minimum atomic E-state index is -1.35. The molecule has 10 heteroatoms. The van der Waals surface area contributed by atoms with Crippen molar-refractivity contribution in [1.82, 2.24) is 10.9 Å². The van der Waals surface area contributed by atoms with Crippen LogP contribution in [0.5, 0.6) is 5.75 Å². The Labute approximate surface area is 228 Å². The van der Waals surface area contributed by atoms with E-state index in [0.29, 0.717) is 41.8 Å². The Kier molecular flexibility index (Phi) is 10.1. The number of nitrogens with one attached hydrogen (secondary N) is 2. The van der Waals surface area contributed by atoms with E-state index in [0.717, 1.165) is 5.56 Å². The van der Waals surface area contributed by atoms with Crippen molar-refractivity contribution in [3.8, 4) is 5.75 Å². The van der Waals surface area contributed by atoms with Crippen molar-refractivity contribution in [1.29, 1.82) is 0 Å². The molecule has 38 heavy (non-hydrogen) atoms. The molecule has 0 saturated heterocycles. The van der Waals surface area contributed by atoms with E-state index in [9.17, 15) is 9.59 Å². The number of hydrazine groups is 1. The maximum atomic E-state index is 13.5. The molecule has 0 radical (unpaired) electrons. The number of esters is 1. The quantitative estimate of drug-likeness (QED) is 0.210. The number of nitrogens with zero attached hydrogens (tertiary/aromatic N) is 1. The van der Waals surface area contributed by atoms with Gasteiger partial charge in [-0.05, 0) is 76.1 Å². The average Bonchev–Trinajstić information content (AvgIpc) is 3.21. The predicted molar refractivity (Wildman–Crippen MR) is 145 cm³/mol. The lowest BCUT2D eigenvalue weighted by Crippen LogP contribution is -2.54. The van der Waals surface area contributed by atoms with Gasteiger partial charge >= 0.3 is 5.97 Å². The molecule has 0 aliphatic carbocycles. The highest BCUT2D eigenvalue weighted by Gasteiger charge is 2.50. The average molecular weight is 546 g/mol. The molecule has 9 nitrogen and oxygen atoms in total. The number of hydrogen-bond acceptors (Lipinski definition) is 8. The zero-order valence-electron chi connectivity index (χ0n) is 22.3. The molecule has 0 unspecified atom stereocenters. The first-order valence-corrected chi connectivity index (χ1v) is 13.0. The summed E-state index contributed by atoms with van der Waals surface area (Å²) in [5.41, 5.74) is 5.29. The van der Waals surface area contributed by atoms with Gasteiger partial charge in [-0.25, -0.2) is 10.4 Å². The molecule has 0 aromatic heterocycles. The SMILES string of the molecule is C[C@@H]1OC(c2ccc(OCCCO)cc2)=N[C@]1(CCC(=O)OC(C)(C)C)C(=O)NNCc1ccc(Cl)cc1. The summed E-state index contributed by atoms with van der Waals surface area (Å²) in [7, 11) is 0. The number of rotatable bonds is 12. The third-order valence-electron chi connectivity index (χ3n) is 5.87. The molecular formula is C28H36ClN3O6. The van der Waals surface area contributed by atoms with E-state index in [-0.39, 0.29) is 19.4 Å². The van der Waals surface area contributed by atoms with Crippen LogP contribution in [0.1, 0.15) is 58.1 Å². The fourth-order valence-electron chi connectivity index (χ4n) is 3.87. The van der Waals surface area contributed by atoms with E-state index in [1.54, 1.807) is 64.1 Å². The lowest BCUT2D eigenvalue weighted by molar-refractivity contribution is -0.155. The van der Waals surface area contributed by atoms with Crippen LogP contribution in [-0.4, -0.2) is 53.3 Å². The van der Waals surface area contributed by atoms with Gasteiger partial charge in [0.25, 0.3) is 5.91 Å². The van der Waals surface area contributed by atoms with E-state index < -0.39 is 29.1 Å². The van der Waals surface area contributed by atoms with Crippen molar-refractivity contribution in [2.75, 3.05) is 13.2 Å². The van der Waals surface area contributed by atoms with Crippen molar-refractivity contribution >= 4 is 29.4 Å². The van der Waals surface area contributed by atoms with Gasteiger partial charge < -0.3 is 19.3 Å². The largest absolute Gasteiger partial charge is 0.494 e. The third kappa shape index (κ3) is 8.18. The molecule has 2 aromatic carbocycles. The first-order chi connectivity index (χ1) is 18.0. The summed E-state index contributed by atoms with van der Waals surface area (Å²) in [6.07, 6.45) is -0.0122. The van der Waals surface area contributed by atoms with Crippen LogP contribution in [0.15, 0.2) is 53.5 Å². The number of amides is 1. The van der Waals surface area contributed by atoms with Crippen molar-refractivity contribution < 1.29 is 28.9 Å². The van der Waals surface area contributed by atoms with Crippen LogP contribution >= 0.6 is 11.6 Å². The van der Waals surface area contributed by atoms with Gasteiger partial charge in [0.15, 0.2) is 5.54 Å². The normalized spacial score (nSPS) is 18.9. The zero-order chi connectivity index (χ0) is 27.8. The van der Waals surface area contributed by atoms with Crippen LogP contribution in [0.3, 0.4) is 0 Å². The number of halogens is 1. The molecule has 2 atom stereocenters. The molecule has 0 bridgehead atoms. The summed E-state index contributed by atoms with van der Waals surface area (Å²) in [4.78, 5) is 30.8. The van der Waals surface area contributed by atoms with Gasteiger partial charge in [-0.3, -0.25) is 15.0 Å². The van der Waals surface area contributed by atoms with Crippen molar-refractivity contribution in [3.63, 3.8) is 0 Å². The van der Waals surface area contributed by atoms with E-state index in [4.69, 9.17) is 35.9 Å². The van der Waals surface area contributed by atoms with E-state index >= 15 is 0 Å². The number of aliphatic hydroxyl groups excluding tert-OH is 1. The van der Waals surface area contributed by atoms with E-state index in [1.165, 1.54) is 0 Å². The Morgan fingerprint density at radius 3 is 2.45 bits per heavy atom. The van der Waals surface area contributed by atoms with Crippen molar-refractivity contribution in [2.45, 2.75) is 70.7 Å². The second-order valence-electron chi connectivity index (χ2n) is 10.1. The van der Waals surface area contributed by atoms with Crippen LogP contribution in [0.4, 0.5) is 0 Å². The molecule has 1 amide bonds. The monoisotopic (exact) mass is 545 g/mol. The Morgan fingerprint density at radius 2 is 1.82 bits per heavy atom. The van der Waals surface area contributed by atoms with Gasteiger partial charge in [-0.15, -0.1) is 0 Å². The van der Waals surface area contributed by atoms with Crippen molar-refractivity contribution in [2.24, 2.45) is 4.99 Å². The Balaban J connectivity index is 1.77. The van der Waals surface area contributed by atoms with Gasteiger partial charge in [0, 0.05) is 36.6 Å². The van der Waals surface area contributed by atoms with Crippen LogP contribution in [-0.2, 0) is 25.6 Å².